The van der Waals surface area contributed by atoms with Crippen LogP contribution in [0.2, 0.25) is 0 Å². The molecule has 2 N–H and O–H groups in total. The normalized spacial score (nSPS) is 12.8. The molecule has 0 aliphatic rings. The molecule has 0 bridgehead atoms. The van der Waals surface area contributed by atoms with E-state index in [2.05, 4.69) is 10.3 Å². The van der Waals surface area contributed by atoms with Gasteiger partial charge in [0.05, 0.1) is 23.7 Å². The number of rotatable bonds is 6. The molecule has 1 atom stereocenters. The van der Waals surface area contributed by atoms with Crippen LogP contribution in [0, 0.1) is 0 Å². The number of hydrogen-bond donors (Lipinski definition) is 2. The topological polar surface area (TPSA) is 59.3 Å². The fourth-order valence-electron chi connectivity index (χ4n) is 1.93. The van der Waals surface area contributed by atoms with E-state index in [9.17, 15) is 5.11 Å². The molecule has 2 aromatic rings. The van der Waals surface area contributed by atoms with Crippen molar-refractivity contribution >= 4 is 17.0 Å². The van der Waals surface area contributed by atoms with Gasteiger partial charge in [-0.05, 0) is 18.6 Å². The van der Waals surface area contributed by atoms with Crippen LogP contribution in [0.25, 0.3) is 11.0 Å². The minimum absolute atomic E-state index is 0.365. The number of fused-ring (bicyclic) bond motifs is 1. The summed E-state index contributed by atoms with van der Waals surface area (Å²) >= 11 is 0. The highest BCUT2D eigenvalue weighted by Crippen LogP contribution is 2.17. The van der Waals surface area contributed by atoms with Gasteiger partial charge < -0.3 is 19.7 Å². The molecular formula is C13H19N3O2. The van der Waals surface area contributed by atoms with Crippen molar-refractivity contribution in [1.29, 1.82) is 0 Å². The number of hydrogen-bond acceptors (Lipinski definition) is 4. The van der Waals surface area contributed by atoms with Crippen molar-refractivity contribution < 1.29 is 9.84 Å². The fourth-order valence-corrected chi connectivity index (χ4v) is 1.93. The molecule has 0 amide bonds. The smallest absolute Gasteiger partial charge is 0.203 e. The number of ether oxygens (including phenoxy) is 1. The molecule has 0 saturated carbocycles. The van der Waals surface area contributed by atoms with Gasteiger partial charge in [0, 0.05) is 20.7 Å². The maximum Gasteiger partial charge on any atom is 0.203 e. The van der Waals surface area contributed by atoms with Crippen molar-refractivity contribution in [3.8, 4) is 0 Å². The van der Waals surface area contributed by atoms with Crippen LogP contribution in [-0.4, -0.2) is 41.0 Å². The van der Waals surface area contributed by atoms with Crippen molar-refractivity contribution in [1.82, 2.24) is 9.55 Å². The number of benzene rings is 1. The second kappa shape index (κ2) is 5.84. The molecule has 2 rings (SSSR count). The fraction of sp³-hybridized carbons (Fsp3) is 0.462. The average Bonchev–Trinajstić information content (AvgIpc) is 2.68. The van der Waals surface area contributed by atoms with E-state index >= 15 is 0 Å². The van der Waals surface area contributed by atoms with E-state index in [0.29, 0.717) is 19.6 Å². The zero-order chi connectivity index (χ0) is 13.0. The molecule has 98 valence electrons. The average molecular weight is 249 g/mol. The van der Waals surface area contributed by atoms with E-state index in [1.165, 1.54) is 0 Å². The maximum atomic E-state index is 9.54. The monoisotopic (exact) mass is 249 g/mol. The molecule has 1 heterocycles. The number of aliphatic hydroxyl groups excluding tert-OH is 1. The third-order valence-electron chi connectivity index (χ3n) is 2.91. The minimum Gasteiger partial charge on any atom is -0.391 e. The second-order valence-electron chi connectivity index (χ2n) is 4.31. The molecule has 0 radical (unpaired) electrons. The van der Waals surface area contributed by atoms with Crippen molar-refractivity contribution in [3.05, 3.63) is 24.3 Å². The van der Waals surface area contributed by atoms with E-state index in [-0.39, 0.29) is 0 Å². The minimum atomic E-state index is -0.433. The van der Waals surface area contributed by atoms with Gasteiger partial charge in [0.2, 0.25) is 5.95 Å². The highest BCUT2D eigenvalue weighted by molar-refractivity contribution is 5.78. The summed E-state index contributed by atoms with van der Waals surface area (Å²) in [6, 6.07) is 7.99. The van der Waals surface area contributed by atoms with Gasteiger partial charge in [0.15, 0.2) is 0 Å². The van der Waals surface area contributed by atoms with E-state index in [4.69, 9.17) is 4.74 Å². The molecule has 0 fully saturated rings. The van der Waals surface area contributed by atoms with Crippen LogP contribution in [0.4, 0.5) is 5.95 Å². The number of aliphatic hydroxyl groups is 1. The van der Waals surface area contributed by atoms with Crippen LogP contribution >= 0.6 is 0 Å². The number of aromatic nitrogens is 2. The highest BCUT2D eigenvalue weighted by Gasteiger charge is 2.07. The number of methoxy groups -OCH3 is 1. The van der Waals surface area contributed by atoms with E-state index in [0.717, 1.165) is 17.0 Å². The zero-order valence-corrected chi connectivity index (χ0v) is 10.8. The first-order valence-electron chi connectivity index (χ1n) is 6.04. The molecule has 18 heavy (non-hydrogen) atoms. The van der Waals surface area contributed by atoms with Gasteiger partial charge in [0.1, 0.15) is 0 Å². The molecule has 0 aliphatic heterocycles. The molecule has 5 heteroatoms. The van der Waals surface area contributed by atoms with Crippen molar-refractivity contribution in [3.63, 3.8) is 0 Å². The van der Waals surface area contributed by atoms with Gasteiger partial charge in [-0.15, -0.1) is 0 Å². The largest absolute Gasteiger partial charge is 0.391 e. The quantitative estimate of drug-likeness (QED) is 0.812. The maximum absolute atomic E-state index is 9.54. The molecule has 0 saturated heterocycles. The van der Waals surface area contributed by atoms with E-state index < -0.39 is 6.10 Å². The van der Waals surface area contributed by atoms with E-state index in [1.54, 1.807) is 7.11 Å². The Balaban J connectivity index is 1.97. The third kappa shape index (κ3) is 2.80. The number of aryl methyl sites for hydroxylation is 1. The summed E-state index contributed by atoms with van der Waals surface area (Å²) in [7, 11) is 3.56. The predicted molar refractivity (Wildman–Crippen MR) is 71.7 cm³/mol. The number of anilines is 1. The second-order valence-corrected chi connectivity index (χ2v) is 4.31. The molecule has 0 aliphatic carbocycles. The van der Waals surface area contributed by atoms with Gasteiger partial charge in [0.25, 0.3) is 0 Å². The first-order chi connectivity index (χ1) is 8.72. The van der Waals surface area contributed by atoms with Gasteiger partial charge >= 0.3 is 0 Å². The lowest BCUT2D eigenvalue weighted by atomic mass is 10.3. The van der Waals surface area contributed by atoms with Crippen LogP contribution in [-0.2, 0) is 11.8 Å². The number of nitrogens with one attached hydrogen (secondary N) is 1. The number of nitrogens with zero attached hydrogens (tertiary/aromatic N) is 2. The first-order valence-corrected chi connectivity index (χ1v) is 6.04. The Kier molecular flexibility index (Phi) is 4.17. The summed E-state index contributed by atoms with van der Waals surface area (Å²) in [5, 5.41) is 12.8. The molecule has 1 aromatic carbocycles. The molecular weight excluding hydrogens is 230 g/mol. The Morgan fingerprint density at radius 1 is 1.44 bits per heavy atom. The lowest BCUT2D eigenvalue weighted by Crippen LogP contribution is -2.19. The highest BCUT2D eigenvalue weighted by atomic mass is 16.5. The Morgan fingerprint density at radius 3 is 2.94 bits per heavy atom. The van der Waals surface area contributed by atoms with Crippen molar-refractivity contribution in [2.45, 2.75) is 12.5 Å². The molecule has 5 nitrogen and oxygen atoms in total. The van der Waals surface area contributed by atoms with Gasteiger partial charge in [-0.1, -0.05) is 12.1 Å². The summed E-state index contributed by atoms with van der Waals surface area (Å²) in [5.74, 6) is 0.820. The lowest BCUT2D eigenvalue weighted by molar-refractivity contribution is 0.0615. The van der Waals surface area contributed by atoms with Crippen LogP contribution in [0.1, 0.15) is 6.42 Å². The number of imidazole rings is 1. The summed E-state index contributed by atoms with van der Waals surface area (Å²) in [5.41, 5.74) is 2.07. The van der Waals surface area contributed by atoms with Gasteiger partial charge in [-0.2, -0.15) is 0 Å². The Hall–Kier alpha value is -1.59. The predicted octanol–water partition coefficient (Wildman–Crippen LogP) is 1.38. The number of para-hydroxylation sites is 2. The molecule has 1 unspecified atom stereocenters. The van der Waals surface area contributed by atoms with Crippen molar-refractivity contribution in [2.24, 2.45) is 7.05 Å². The SMILES string of the molecule is COCC(O)CCNc1nc2ccccc2n1C. The van der Waals surface area contributed by atoms with Crippen molar-refractivity contribution in [2.75, 3.05) is 25.6 Å². The van der Waals surface area contributed by atoms with Gasteiger partial charge in [-0.3, -0.25) is 0 Å². The first kappa shape index (κ1) is 12.9. The van der Waals surface area contributed by atoms with Gasteiger partial charge in [-0.25, -0.2) is 4.98 Å². The Labute approximate surface area is 106 Å². The summed E-state index contributed by atoms with van der Waals surface area (Å²) in [6.07, 6.45) is 0.203. The molecule has 0 spiro atoms. The summed E-state index contributed by atoms with van der Waals surface area (Å²) in [4.78, 5) is 4.49. The zero-order valence-electron chi connectivity index (χ0n) is 10.8. The third-order valence-corrected chi connectivity index (χ3v) is 2.91. The van der Waals surface area contributed by atoms with Crippen LogP contribution < -0.4 is 5.32 Å². The summed E-state index contributed by atoms with van der Waals surface area (Å²) in [6.45, 7) is 1.03. The van der Waals surface area contributed by atoms with Crippen LogP contribution in [0.3, 0.4) is 0 Å². The van der Waals surface area contributed by atoms with Crippen LogP contribution in [0.5, 0.6) is 0 Å². The van der Waals surface area contributed by atoms with Crippen LogP contribution in [0.15, 0.2) is 24.3 Å². The summed E-state index contributed by atoms with van der Waals surface area (Å²) < 4.78 is 6.89. The van der Waals surface area contributed by atoms with E-state index in [1.807, 2.05) is 35.9 Å². The Morgan fingerprint density at radius 2 is 2.22 bits per heavy atom. The molecule has 1 aromatic heterocycles. The lowest BCUT2D eigenvalue weighted by Gasteiger charge is -2.10. The standard InChI is InChI=1S/C13H19N3O2/c1-16-12-6-4-3-5-11(12)15-13(16)14-8-7-10(17)9-18-2/h3-6,10,17H,7-9H2,1-2H3,(H,14,15). The Bertz CT molecular complexity index is 510.